The smallest absolute Gasteiger partial charge is 0.306 e. The van der Waals surface area contributed by atoms with Crippen LogP contribution in [0, 0.1) is 0 Å². The molecule has 0 aromatic rings. The largest absolute Gasteiger partial charge is 0.457 e. The van der Waals surface area contributed by atoms with Gasteiger partial charge in [0.15, 0.2) is 0 Å². The summed E-state index contributed by atoms with van der Waals surface area (Å²) in [6.07, 6.45) is 22.6. The number of esters is 1. The highest BCUT2D eigenvalue weighted by Crippen LogP contribution is 2.04. The van der Waals surface area contributed by atoms with E-state index in [2.05, 4.69) is 25.2 Å². The van der Waals surface area contributed by atoms with E-state index < -0.39 is 12.1 Å². The molecule has 1 atom stereocenters. The van der Waals surface area contributed by atoms with E-state index in [-0.39, 0.29) is 25.7 Å². The van der Waals surface area contributed by atoms with Crippen molar-refractivity contribution in [3.63, 3.8) is 0 Å². The number of hydrogen-bond donors (Lipinski definition) is 3. The Morgan fingerprint density at radius 2 is 1.61 bits per heavy atom. The van der Waals surface area contributed by atoms with Crippen molar-refractivity contribution in [1.82, 2.24) is 0 Å². The molecule has 0 spiro atoms. The molecule has 0 aliphatic rings. The van der Waals surface area contributed by atoms with E-state index in [9.17, 15) is 9.90 Å². The lowest BCUT2D eigenvalue weighted by Gasteiger charge is -2.11. The van der Waals surface area contributed by atoms with Gasteiger partial charge in [-0.05, 0) is 32.1 Å². The third-order valence-corrected chi connectivity index (χ3v) is 4.02. The number of carbonyl (C=O) groups excluding carboxylic acids is 1. The SMILES string of the molecule is CCCCC[C@H](O)/C=C/C=C\C/C=C\C/C=C\CCCC(=O)OC(CO)CO. The Labute approximate surface area is 170 Å². The summed E-state index contributed by atoms with van der Waals surface area (Å²) >= 11 is 0. The van der Waals surface area contributed by atoms with Gasteiger partial charge < -0.3 is 20.1 Å². The maximum absolute atomic E-state index is 11.4. The van der Waals surface area contributed by atoms with Crippen molar-refractivity contribution in [3.8, 4) is 0 Å². The van der Waals surface area contributed by atoms with Gasteiger partial charge in [0.25, 0.3) is 0 Å². The quantitative estimate of drug-likeness (QED) is 0.150. The number of aliphatic hydroxyl groups is 3. The Morgan fingerprint density at radius 1 is 0.929 bits per heavy atom. The Hall–Kier alpha value is -1.69. The third-order valence-electron chi connectivity index (χ3n) is 4.02. The van der Waals surface area contributed by atoms with Gasteiger partial charge in [0.2, 0.25) is 0 Å². The van der Waals surface area contributed by atoms with Crippen LogP contribution in [0.2, 0.25) is 0 Å². The molecular formula is C23H38O5. The van der Waals surface area contributed by atoms with Gasteiger partial charge in [-0.25, -0.2) is 0 Å². The lowest BCUT2D eigenvalue weighted by Crippen LogP contribution is -2.25. The summed E-state index contributed by atoms with van der Waals surface area (Å²) < 4.78 is 4.88. The summed E-state index contributed by atoms with van der Waals surface area (Å²) in [5.74, 6) is -0.393. The van der Waals surface area contributed by atoms with Gasteiger partial charge in [-0.3, -0.25) is 4.79 Å². The van der Waals surface area contributed by atoms with Crippen LogP contribution in [0.5, 0.6) is 0 Å². The van der Waals surface area contributed by atoms with Crippen LogP contribution in [0.3, 0.4) is 0 Å². The number of aliphatic hydroxyl groups excluding tert-OH is 3. The third kappa shape index (κ3) is 17.7. The molecule has 28 heavy (non-hydrogen) atoms. The molecular weight excluding hydrogens is 356 g/mol. The molecule has 5 heteroatoms. The number of ether oxygens (including phenoxy) is 1. The molecule has 0 heterocycles. The first-order valence-corrected chi connectivity index (χ1v) is 10.4. The van der Waals surface area contributed by atoms with E-state index in [0.717, 1.165) is 32.1 Å². The molecule has 0 unspecified atom stereocenters. The van der Waals surface area contributed by atoms with Crippen LogP contribution in [-0.4, -0.2) is 46.7 Å². The maximum atomic E-state index is 11.4. The summed E-state index contributed by atoms with van der Waals surface area (Å²) in [4.78, 5) is 11.4. The molecule has 0 fully saturated rings. The zero-order valence-electron chi connectivity index (χ0n) is 17.2. The summed E-state index contributed by atoms with van der Waals surface area (Å²) in [6.45, 7) is 1.44. The van der Waals surface area contributed by atoms with Crippen LogP contribution in [-0.2, 0) is 9.53 Å². The molecule has 0 aromatic carbocycles. The Morgan fingerprint density at radius 3 is 2.29 bits per heavy atom. The topological polar surface area (TPSA) is 87.0 Å². The monoisotopic (exact) mass is 394 g/mol. The summed E-state index contributed by atoms with van der Waals surface area (Å²) in [7, 11) is 0. The van der Waals surface area contributed by atoms with Gasteiger partial charge in [-0.15, -0.1) is 0 Å². The predicted octanol–water partition coefficient (Wildman–Crippen LogP) is 4.00. The molecule has 0 amide bonds. The fourth-order valence-electron chi connectivity index (χ4n) is 2.35. The highest BCUT2D eigenvalue weighted by atomic mass is 16.6. The normalized spacial score (nSPS) is 13.6. The number of carbonyl (C=O) groups is 1. The highest BCUT2D eigenvalue weighted by Gasteiger charge is 2.11. The standard InChI is InChI=1S/C23H38O5/c1-2-3-13-16-21(26)17-14-11-9-7-5-4-6-8-10-12-15-18-23(27)28-22(19-24)20-25/h4-5,8-11,14,17,21-22,24-26H,2-3,6-7,12-13,15-16,18-20H2,1H3/b5-4-,10-8-,11-9-,17-14+/t21-/m0/s1. The van der Waals surface area contributed by atoms with Gasteiger partial charge in [0.1, 0.15) is 6.10 Å². The van der Waals surface area contributed by atoms with E-state index in [4.69, 9.17) is 14.9 Å². The lowest BCUT2D eigenvalue weighted by atomic mass is 10.1. The van der Waals surface area contributed by atoms with Crippen molar-refractivity contribution in [2.75, 3.05) is 13.2 Å². The highest BCUT2D eigenvalue weighted by molar-refractivity contribution is 5.69. The zero-order valence-corrected chi connectivity index (χ0v) is 17.2. The minimum absolute atomic E-state index is 0.280. The summed E-state index contributed by atoms with van der Waals surface area (Å²) in [5, 5.41) is 27.4. The average molecular weight is 395 g/mol. The van der Waals surface area contributed by atoms with Gasteiger partial charge in [-0.2, -0.15) is 0 Å². The van der Waals surface area contributed by atoms with Crippen molar-refractivity contribution < 1.29 is 24.9 Å². The number of rotatable bonds is 17. The summed E-state index contributed by atoms with van der Waals surface area (Å²) in [5.41, 5.74) is 0. The van der Waals surface area contributed by atoms with E-state index in [1.807, 2.05) is 30.4 Å². The molecule has 0 radical (unpaired) electrons. The predicted molar refractivity (Wildman–Crippen MR) is 114 cm³/mol. The van der Waals surface area contributed by atoms with Crippen molar-refractivity contribution in [1.29, 1.82) is 0 Å². The molecule has 0 bridgehead atoms. The van der Waals surface area contributed by atoms with E-state index in [1.54, 1.807) is 0 Å². The van der Waals surface area contributed by atoms with Crippen LogP contribution in [0.1, 0.15) is 64.7 Å². The second-order valence-electron chi connectivity index (χ2n) is 6.66. The minimum Gasteiger partial charge on any atom is -0.457 e. The second-order valence-corrected chi connectivity index (χ2v) is 6.66. The van der Waals surface area contributed by atoms with E-state index >= 15 is 0 Å². The Kier molecular flexibility index (Phi) is 18.8. The second kappa shape index (κ2) is 20.1. The summed E-state index contributed by atoms with van der Waals surface area (Å²) in [6, 6.07) is 0. The van der Waals surface area contributed by atoms with Crippen molar-refractivity contribution in [2.45, 2.75) is 76.9 Å². The van der Waals surface area contributed by atoms with Gasteiger partial charge in [0, 0.05) is 6.42 Å². The molecule has 0 saturated carbocycles. The first-order chi connectivity index (χ1) is 13.6. The fourth-order valence-corrected chi connectivity index (χ4v) is 2.35. The molecule has 0 aromatic heterocycles. The molecule has 0 saturated heterocycles. The van der Waals surface area contributed by atoms with E-state index in [1.165, 1.54) is 12.8 Å². The average Bonchev–Trinajstić information content (AvgIpc) is 2.69. The van der Waals surface area contributed by atoms with Gasteiger partial charge >= 0.3 is 5.97 Å². The Bertz CT molecular complexity index is 475. The number of unbranched alkanes of at least 4 members (excludes halogenated alkanes) is 3. The lowest BCUT2D eigenvalue weighted by molar-refractivity contribution is -0.153. The van der Waals surface area contributed by atoms with E-state index in [0.29, 0.717) is 6.42 Å². The minimum atomic E-state index is -0.811. The molecule has 3 N–H and O–H groups in total. The van der Waals surface area contributed by atoms with Crippen molar-refractivity contribution >= 4 is 5.97 Å². The number of allylic oxidation sites excluding steroid dienone is 7. The molecule has 5 nitrogen and oxygen atoms in total. The van der Waals surface area contributed by atoms with Crippen molar-refractivity contribution in [3.05, 3.63) is 48.6 Å². The van der Waals surface area contributed by atoms with Crippen LogP contribution in [0.25, 0.3) is 0 Å². The zero-order chi connectivity index (χ0) is 20.9. The first-order valence-electron chi connectivity index (χ1n) is 10.4. The molecule has 0 rings (SSSR count). The van der Waals surface area contributed by atoms with Gasteiger partial charge in [-0.1, -0.05) is 74.8 Å². The first kappa shape index (κ1) is 26.3. The van der Waals surface area contributed by atoms with Crippen LogP contribution in [0.4, 0.5) is 0 Å². The Balaban J connectivity index is 3.67. The van der Waals surface area contributed by atoms with Crippen LogP contribution in [0.15, 0.2) is 48.6 Å². The molecule has 0 aliphatic carbocycles. The molecule has 160 valence electrons. The van der Waals surface area contributed by atoms with Crippen LogP contribution >= 0.6 is 0 Å². The maximum Gasteiger partial charge on any atom is 0.306 e. The molecule has 0 aliphatic heterocycles. The van der Waals surface area contributed by atoms with Crippen LogP contribution < -0.4 is 0 Å². The number of hydrogen-bond acceptors (Lipinski definition) is 5. The van der Waals surface area contributed by atoms with Gasteiger partial charge in [0.05, 0.1) is 19.3 Å². The fraction of sp³-hybridized carbons (Fsp3) is 0.609. The van der Waals surface area contributed by atoms with Crippen molar-refractivity contribution in [2.24, 2.45) is 0 Å².